The predicted molar refractivity (Wildman–Crippen MR) is 94.0 cm³/mol. The van der Waals surface area contributed by atoms with Gasteiger partial charge >= 0.3 is 12.4 Å². The van der Waals surface area contributed by atoms with Crippen molar-refractivity contribution in [1.82, 2.24) is 4.98 Å². The molecule has 1 amide bonds. The van der Waals surface area contributed by atoms with Gasteiger partial charge in [0.15, 0.2) is 5.82 Å². The molecule has 2 aromatic carbocycles. The van der Waals surface area contributed by atoms with E-state index in [1.807, 2.05) is 0 Å². The van der Waals surface area contributed by atoms with Crippen LogP contribution in [0.2, 0.25) is 0 Å². The Kier molecular flexibility index (Phi) is 5.51. The number of halogens is 7. The minimum absolute atomic E-state index is 0.112. The number of benzene rings is 2. The molecule has 0 radical (unpaired) electrons. The summed E-state index contributed by atoms with van der Waals surface area (Å²) in [4.78, 5) is 15.6. The first-order valence-electron chi connectivity index (χ1n) is 8.26. The molecule has 0 atom stereocenters. The van der Waals surface area contributed by atoms with Gasteiger partial charge in [-0.2, -0.15) is 26.3 Å². The molecule has 30 heavy (non-hydrogen) atoms. The Morgan fingerprint density at radius 2 is 1.53 bits per heavy atom. The Hall–Kier alpha value is -3.43. The fraction of sp³-hybridized carbons (Fsp3) is 0.100. The summed E-state index contributed by atoms with van der Waals surface area (Å²) >= 11 is 0. The number of amides is 1. The van der Waals surface area contributed by atoms with Crippen molar-refractivity contribution >= 4 is 11.6 Å². The van der Waals surface area contributed by atoms with Gasteiger partial charge in [-0.05, 0) is 47.5 Å². The molecule has 0 aliphatic carbocycles. The second kappa shape index (κ2) is 7.77. The van der Waals surface area contributed by atoms with Crippen molar-refractivity contribution in [2.75, 3.05) is 5.32 Å². The fourth-order valence-corrected chi connectivity index (χ4v) is 2.70. The zero-order valence-electron chi connectivity index (χ0n) is 14.8. The lowest BCUT2D eigenvalue weighted by molar-refractivity contribution is -0.141. The summed E-state index contributed by atoms with van der Waals surface area (Å²) in [6.45, 7) is 0. The van der Waals surface area contributed by atoms with Crippen LogP contribution >= 0.6 is 0 Å². The van der Waals surface area contributed by atoms with Gasteiger partial charge in [-0.1, -0.05) is 12.1 Å². The number of nitrogens with one attached hydrogen (secondary N) is 1. The van der Waals surface area contributed by atoms with Crippen molar-refractivity contribution in [3.8, 4) is 11.1 Å². The standard InChI is InChI=1S/C20H11F7N2O/c21-17-10-28-8-7-14(17)18(30)29-13-4-1-11(2-5-13)15-9-12(19(22,23)24)3-6-16(15)20(25,26)27/h1-10H,(H,29,30). The minimum atomic E-state index is -4.87. The lowest BCUT2D eigenvalue weighted by Gasteiger charge is -2.16. The number of alkyl halides is 6. The Morgan fingerprint density at radius 3 is 2.10 bits per heavy atom. The van der Waals surface area contributed by atoms with Crippen molar-refractivity contribution < 1.29 is 35.5 Å². The summed E-state index contributed by atoms with van der Waals surface area (Å²) in [5, 5.41) is 2.35. The minimum Gasteiger partial charge on any atom is -0.322 e. The van der Waals surface area contributed by atoms with Crippen LogP contribution in [0.25, 0.3) is 11.1 Å². The number of pyridine rings is 1. The van der Waals surface area contributed by atoms with E-state index >= 15 is 0 Å². The molecule has 3 rings (SSSR count). The van der Waals surface area contributed by atoms with Gasteiger partial charge in [0.25, 0.3) is 5.91 Å². The number of anilines is 1. The van der Waals surface area contributed by atoms with E-state index in [1.54, 1.807) is 0 Å². The maximum absolute atomic E-state index is 13.6. The monoisotopic (exact) mass is 428 g/mol. The molecular weight excluding hydrogens is 417 g/mol. The van der Waals surface area contributed by atoms with Crippen LogP contribution in [-0.2, 0) is 12.4 Å². The number of carbonyl (C=O) groups is 1. The van der Waals surface area contributed by atoms with Crippen LogP contribution in [0, 0.1) is 5.82 Å². The number of carbonyl (C=O) groups excluding carboxylic acids is 1. The molecule has 0 spiro atoms. The van der Waals surface area contributed by atoms with Gasteiger partial charge in [0, 0.05) is 11.9 Å². The van der Waals surface area contributed by atoms with Crippen LogP contribution in [0.1, 0.15) is 21.5 Å². The zero-order valence-corrected chi connectivity index (χ0v) is 14.8. The molecule has 0 saturated carbocycles. The molecule has 156 valence electrons. The van der Waals surface area contributed by atoms with E-state index in [1.165, 1.54) is 18.3 Å². The van der Waals surface area contributed by atoms with Crippen LogP contribution in [0.4, 0.5) is 36.4 Å². The molecule has 0 unspecified atom stereocenters. The van der Waals surface area contributed by atoms with Crippen LogP contribution in [0.3, 0.4) is 0 Å². The third kappa shape index (κ3) is 4.58. The van der Waals surface area contributed by atoms with Gasteiger partial charge < -0.3 is 5.32 Å². The van der Waals surface area contributed by atoms with Crippen molar-refractivity contribution in [3.63, 3.8) is 0 Å². The molecule has 1 N–H and O–H groups in total. The Bertz CT molecular complexity index is 1070. The number of rotatable bonds is 3. The van der Waals surface area contributed by atoms with Gasteiger partial charge in [0.05, 0.1) is 22.9 Å². The Labute approximate surface area is 165 Å². The maximum Gasteiger partial charge on any atom is 0.417 e. The first kappa shape index (κ1) is 21.3. The molecule has 0 aliphatic rings. The van der Waals surface area contributed by atoms with Gasteiger partial charge in [-0.25, -0.2) is 4.39 Å². The molecule has 3 nitrogen and oxygen atoms in total. The lowest BCUT2D eigenvalue weighted by atomic mass is 9.96. The smallest absolute Gasteiger partial charge is 0.322 e. The number of hydrogen-bond acceptors (Lipinski definition) is 2. The van der Waals surface area contributed by atoms with E-state index in [9.17, 15) is 35.5 Å². The second-order valence-corrected chi connectivity index (χ2v) is 6.14. The molecule has 1 aromatic heterocycles. The van der Waals surface area contributed by atoms with E-state index in [-0.39, 0.29) is 16.8 Å². The van der Waals surface area contributed by atoms with Crippen LogP contribution in [0.5, 0.6) is 0 Å². The van der Waals surface area contributed by atoms with Crippen molar-refractivity contribution in [2.24, 2.45) is 0 Å². The highest BCUT2D eigenvalue weighted by Crippen LogP contribution is 2.40. The molecule has 10 heteroatoms. The zero-order chi connectivity index (χ0) is 22.1. The second-order valence-electron chi connectivity index (χ2n) is 6.14. The highest BCUT2D eigenvalue weighted by molar-refractivity contribution is 6.04. The highest BCUT2D eigenvalue weighted by atomic mass is 19.4. The number of aromatic nitrogens is 1. The van der Waals surface area contributed by atoms with Crippen LogP contribution in [0.15, 0.2) is 60.9 Å². The SMILES string of the molecule is O=C(Nc1ccc(-c2cc(C(F)(F)F)ccc2C(F)(F)F)cc1)c1ccncc1F. The molecule has 1 heterocycles. The summed E-state index contributed by atoms with van der Waals surface area (Å²) in [6.07, 6.45) is -7.65. The van der Waals surface area contributed by atoms with E-state index in [0.29, 0.717) is 18.2 Å². The maximum atomic E-state index is 13.6. The number of nitrogens with zero attached hydrogens (tertiary/aromatic N) is 1. The average molecular weight is 428 g/mol. The third-order valence-electron chi connectivity index (χ3n) is 4.12. The third-order valence-corrected chi connectivity index (χ3v) is 4.12. The average Bonchev–Trinajstić information content (AvgIpc) is 2.67. The van der Waals surface area contributed by atoms with Gasteiger partial charge in [0.1, 0.15) is 0 Å². The Balaban J connectivity index is 1.94. The lowest BCUT2D eigenvalue weighted by Crippen LogP contribution is -2.14. The fourth-order valence-electron chi connectivity index (χ4n) is 2.70. The Morgan fingerprint density at radius 1 is 0.867 bits per heavy atom. The van der Waals surface area contributed by atoms with E-state index in [2.05, 4.69) is 10.3 Å². The van der Waals surface area contributed by atoms with Crippen molar-refractivity contribution in [1.29, 1.82) is 0 Å². The predicted octanol–water partition coefficient (Wildman–Crippen LogP) is 6.18. The first-order chi connectivity index (χ1) is 14.0. The molecule has 0 bridgehead atoms. The normalized spacial score (nSPS) is 12.0. The number of hydrogen-bond donors (Lipinski definition) is 1. The van der Waals surface area contributed by atoms with Gasteiger partial charge in [-0.15, -0.1) is 0 Å². The first-order valence-corrected chi connectivity index (χ1v) is 8.26. The molecule has 3 aromatic rings. The van der Waals surface area contributed by atoms with Gasteiger partial charge in [0.2, 0.25) is 0 Å². The van der Waals surface area contributed by atoms with Gasteiger partial charge in [-0.3, -0.25) is 9.78 Å². The largest absolute Gasteiger partial charge is 0.417 e. The summed E-state index contributed by atoms with van der Waals surface area (Å²) in [7, 11) is 0. The van der Waals surface area contributed by atoms with E-state index in [4.69, 9.17) is 0 Å². The van der Waals surface area contributed by atoms with Crippen LogP contribution in [-0.4, -0.2) is 10.9 Å². The molecule has 0 fully saturated rings. The summed E-state index contributed by atoms with van der Waals surface area (Å²) in [6, 6.07) is 6.95. The van der Waals surface area contributed by atoms with Crippen molar-refractivity contribution in [3.05, 3.63) is 83.4 Å². The molecule has 0 saturated heterocycles. The highest BCUT2D eigenvalue weighted by Gasteiger charge is 2.37. The van der Waals surface area contributed by atoms with Crippen molar-refractivity contribution in [2.45, 2.75) is 12.4 Å². The summed E-state index contributed by atoms with van der Waals surface area (Å²) in [5.41, 5.74) is -3.44. The van der Waals surface area contributed by atoms with E-state index in [0.717, 1.165) is 24.4 Å². The van der Waals surface area contributed by atoms with Crippen LogP contribution < -0.4 is 5.32 Å². The summed E-state index contributed by atoms with van der Waals surface area (Å²) in [5.74, 6) is -1.69. The molecule has 0 aliphatic heterocycles. The topological polar surface area (TPSA) is 42.0 Å². The van der Waals surface area contributed by atoms with E-state index < -0.39 is 40.8 Å². The summed E-state index contributed by atoms with van der Waals surface area (Å²) < 4.78 is 92.2. The quantitative estimate of drug-likeness (QED) is 0.507. The molecular formula is C20H11F7N2O.